The topological polar surface area (TPSA) is 61.3 Å². The number of rotatable bonds is 7. The van der Waals surface area contributed by atoms with E-state index in [1.54, 1.807) is 0 Å². The quantitative estimate of drug-likeness (QED) is 0.569. The molecule has 2 atom stereocenters. The third-order valence-corrected chi connectivity index (χ3v) is 7.08. The summed E-state index contributed by atoms with van der Waals surface area (Å²) in [7, 11) is -2.90. The van der Waals surface area contributed by atoms with Crippen LogP contribution in [0.4, 0.5) is 0 Å². The molecule has 2 heterocycles. The lowest BCUT2D eigenvalue weighted by molar-refractivity contribution is -0.943. The molecule has 1 aromatic carbocycles. The first kappa shape index (κ1) is 19.0. The molecule has 1 N–H and O–H groups in total. The van der Waals surface area contributed by atoms with Crippen LogP contribution in [-0.4, -0.2) is 46.9 Å². The van der Waals surface area contributed by atoms with E-state index in [2.05, 4.69) is 13.5 Å². The number of hydrogen-bond acceptors (Lipinski definition) is 4. The second-order valence-electron chi connectivity index (χ2n) is 6.64. The van der Waals surface area contributed by atoms with Gasteiger partial charge in [-0.15, -0.1) is 11.7 Å². The van der Waals surface area contributed by atoms with Crippen molar-refractivity contribution >= 4 is 22.1 Å². The van der Waals surface area contributed by atoms with Crippen LogP contribution in [0.5, 0.6) is 0 Å². The van der Waals surface area contributed by atoms with Crippen molar-refractivity contribution in [1.82, 2.24) is 14.3 Å². The van der Waals surface area contributed by atoms with Crippen LogP contribution < -0.4 is 4.90 Å². The first-order valence-electron chi connectivity index (χ1n) is 8.84. The molecule has 2 aromatic rings. The second kappa shape index (κ2) is 7.85. The Labute approximate surface area is 159 Å². The van der Waals surface area contributed by atoms with E-state index in [1.165, 1.54) is 4.90 Å². The zero-order valence-electron chi connectivity index (χ0n) is 15.0. The summed E-state index contributed by atoms with van der Waals surface area (Å²) in [6.07, 6.45) is 2.51. The molecular formula is C18H25N4O2S2+. The Morgan fingerprint density at radius 2 is 2.12 bits per heavy atom. The number of hydrogen-bond donors (Lipinski definition) is 1. The molecule has 0 radical (unpaired) electrons. The van der Waals surface area contributed by atoms with Crippen LogP contribution in [0, 0.1) is 4.77 Å². The predicted molar refractivity (Wildman–Crippen MR) is 105 cm³/mol. The van der Waals surface area contributed by atoms with Crippen molar-refractivity contribution in [2.45, 2.75) is 32.6 Å². The van der Waals surface area contributed by atoms with Crippen molar-refractivity contribution in [2.75, 3.05) is 18.1 Å². The fourth-order valence-electron chi connectivity index (χ4n) is 3.48. The smallest absolute Gasteiger partial charge is 0.203 e. The predicted octanol–water partition coefficient (Wildman–Crippen LogP) is 1.32. The van der Waals surface area contributed by atoms with Crippen molar-refractivity contribution in [3.05, 3.63) is 47.8 Å². The third kappa shape index (κ3) is 3.97. The number of sulfone groups is 1. The standard InChI is InChI=1S/C18H24N4O2S2/c1-3-11-21-17(15-8-6-5-7-9-15)19-22(18(21)25)14-20(4-2)16-10-12-26(23,24)13-16/h3,5-9,16H,1,4,10-14H2,2H3/p+1/t16-/m0/s1. The number of nitrogens with zero attached hydrogens (tertiary/aromatic N) is 3. The molecule has 140 valence electrons. The first-order chi connectivity index (χ1) is 12.4. The van der Waals surface area contributed by atoms with Gasteiger partial charge in [0.1, 0.15) is 11.8 Å². The fourth-order valence-corrected chi connectivity index (χ4v) is 5.57. The minimum atomic E-state index is -2.90. The number of allylic oxidation sites excluding steroid dienone is 1. The summed E-state index contributed by atoms with van der Waals surface area (Å²) in [5.41, 5.74) is 1.00. The average molecular weight is 394 g/mol. The van der Waals surface area contributed by atoms with Crippen LogP contribution in [0.15, 0.2) is 43.0 Å². The molecular weight excluding hydrogens is 368 g/mol. The summed E-state index contributed by atoms with van der Waals surface area (Å²) in [6.45, 7) is 7.88. The molecule has 3 rings (SSSR count). The Balaban J connectivity index is 1.92. The first-order valence-corrected chi connectivity index (χ1v) is 11.1. The van der Waals surface area contributed by atoms with Crippen LogP contribution >= 0.6 is 12.2 Å². The van der Waals surface area contributed by atoms with Crippen LogP contribution in [0.25, 0.3) is 11.4 Å². The van der Waals surface area contributed by atoms with E-state index in [1.807, 2.05) is 45.7 Å². The molecule has 1 aromatic heterocycles. The van der Waals surface area contributed by atoms with Crippen LogP contribution in [0.3, 0.4) is 0 Å². The maximum absolute atomic E-state index is 11.8. The SMILES string of the molecule is C=CCn1c(-c2ccccc2)nn(C[NH+](CC)[C@H]2CCS(=O)(=O)C2)c1=S. The van der Waals surface area contributed by atoms with Gasteiger partial charge in [0.15, 0.2) is 22.3 Å². The van der Waals surface area contributed by atoms with Gasteiger partial charge in [-0.3, -0.25) is 4.57 Å². The van der Waals surface area contributed by atoms with Gasteiger partial charge in [-0.1, -0.05) is 36.4 Å². The zero-order chi connectivity index (χ0) is 18.7. The Morgan fingerprint density at radius 1 is 1.38 bits per heavy atom. The highest BCUT2D eigenvalue weighted by molar-refractivity contribution is 7.91. The summed E-state index contributed by atoms with van der Waals surface area (Å²) >= 11 is 5.65. The molecule has 1 fully saturated rings. The summed E-state index contributed by atoms with van der Waals surface area (Å²) < 4.78 is 28.1. The maximum Gasteiger partial charge on any atom is 0.203 e. The highest BCUT2D eigenvalue weighted by Crippen LogP contribution is 2.18. The molecule has 1 aliphatic rings. The normalized spacial score (nSPS) is 20.1. The van der Waals surface area contributed by atoms with Gasteiger partial charge in [-0.05, 0) is 19.1 Å². The molecule has 1 saturated heterocycles. The Morgan fingerprint density at radius 3 is 2.69 bits per heavy atom. The molecule has 0 spiro atoms. The molecule has 26 heavy (non-hydrogen) atoms. The number of quaternary nitrogens is 1. The summed E-state index contributed by atoms with van der Waals surface area (Å²) in [5.74, 6) is 1.35. The van der Waals surface area contributed by atoms with Gasteiger partial charge >= 0.3 is 0 Å². The molecule has 0 amide bonds. The highest BCUT2D eigenvalue weighted by atomic mass is 32.2. The van der Waals surface area contributed by atoms with Crippen LogP contribution in [0.2, 0.25) is 0 Å². The van der Waals surface area contributed by atoms with E-state index in [0.717, 1.165) is 17.9 Å². The van der Waals surface area contributed by atoms with Gasteiger partial charge in [-0.2, -0.15) is 4.68 Å². The fraction of sp³-hybridized carbons (Fsp3) is 0.444. The molecule has 0 aliphatic carbocycles. The molecule has 6 nitrogen and oxygen atoms in total. The Bertz CT molecular complexity index is 932. The van der Waals surface area contributed by atoms with Gasteiger partial charge in [0.25, 0.3) is 0 Å². The van der Waals surface area contributed by atoms with Crippen molar-refractivity contribution in [1.29, 1.82) is 0 Å². The molecule has 1 unspecified atom stereocenters. The van der Waals surface area contributed by atoms with Crippen LogP contribution in [-0.2, 0) is 23.1 Å². The van der Waals surface area contributed by atoms with Crippen molar-refractivity contribution in [3.63, 3.8) is 0 Å². The lowest BCUT2D eigenvalue weighted by Gasteiger charge is -2.23. The van der Waals surface area contributed by atoms with E-state index in [-0.39, 0.29) is 17.5 Å². The van der Waals surface area contributed by atoms with E-state index < -0.39 is 9.84 Å². The van der Waals surface area contributed by atoms with E-state index in [0.29, 0.717) is 24.4 Å². The minimum absolute atomic E-state index is 0.108. The number of nitrogens with one attached hydrogen (secondary N) is 1. The molecule has 8 heteroatoms. The van der Waals surface area contributed by atoms with Crippen molar-refractivity contribution in [2.24, 2.45) is 0 Å². The minimum Gasteiger partial charge on any atom is -0.313 e. The van der Waals surface area contributed by atoms with E-state index in [4.69, 9.17) is 17.3 Å². The second-order valence-corrected chi connectivity index (χ2v) is 9.23. The van der Waals surface area contributed by atoms with Crippen LogP contribution in [0.1, 0.15) is 13.3 Å². The van der Waals surface area contributed by atoms with E-state index >= 15 is 0 Å². The summed E-state index contributed by atoms with van der Waals surface area (Å²) in [5, 5.41) is 4.75. The lowest BCUT2D eigenvalue weighted by atomic mass is 10.2. The van der Waals surface area contributed by atoms with E-state index in [9.17, 15) is 8.42 Å². The summed E-state index contributed by atoms with van der Waals surface area (Å²) in [6, 6.07) is 10.0. The number of benzene rings is 1. The van der Waals surface area contributed by atoms with Gasteiger partial charge in [0.2, 0.25) is 4.77 Å². The summed E-state index contributed by atoms with van der Waals surface area (Å²) in [4.78, 5) is 1.20. The van der Waals surface area contributed by atoms with Crippen molar-refractivity contribution in [3.8, 4) is 11.4 Å². The number of aromatic nitrogens is 3. The van der Waals surface area contributed by atoms with Gasteiger partial charge in [0, 0.05) is 18.5 Å². The monoisotopic (exact) mass is 393 g/mol. The third-order valence-electron chi connectivity index (χ3n) is 4.88. The van der Waals surface area contributed by atoms with Gasteiger partial charge in [-0.25, -0.2) is 8.42 Å². The Kier molecular flexibility index (Phi) is 5.74. The molecule has 0 bridgehead atoms. The molecule has 0 saturated carbocycles. The highest BCUT2D eigenvalue weighted by Gasteiger charge is 2.35. The molecule has 1 aliphatic heterocycles. The largest absolute Gasteiger partial charge is 0.313 e. The van der Waals surface area contributed by atoms with Gasteiger partial charge < -0.3 is 4.90 Å². The maximum atomic E-state index is 11.8. The van der Waals surface area contributed by atoms with Gasteiger partial charge in [0.05, 0.1) is 12.3 Å². The zero-order valence-corrected chi connectivity index (χ0v) is 16.6. The Hall–Kier alpha value is -1.77. The van der Waals surface area contributed by atoms with Crippen molar-refractivity contribution < 1.29 is 13.3 Å². The lowest BCUT2D eigenvalue weighted by Crippen LogP contribution is -3.15. The average Bonchev–Trinajstić information content (AvgIpc) is 3.14.